The van der Waals surface area contributed by atoms with Crippen molar-refractivity contribution in [3.05, 3.63) is 59.7 Å². The van der Waals surface area contributed by atoms with Crippen LogP contribution in [0.5, 0.6) is 0 Å². The van der Waals surface area contributed by atoms with Crippen LogP contribution in [0.2, 0.25) is 0 Å². The van der Waals surface area contributed by atoms with E-state index in [-0.39, 0.29) is 10.8 Å². The molecule has 1 aliphatic heterocycles. The highest BCUT2D eigenvalue weighted by Gasteiger charge is 2.31. The fourth-order valence-corrected chi connectivity index (χ4v) is 4.63. The Hall–Kier alpha value is -2.38. The maximum absolute atomic E-state index is 12.9. The molecule has 0 bridgehead atoms. The molecule has 27 heavy (non-hydrogen) atoms. The van der Waals surface area contributed by atoms with E-state index in [0.717, 1.165) is 12.0 Å². The first-order valence-corrected chi connectivity index (χ1v) is 10.5. The van der Waals surface area contributed by atoms with Crippen LogP contribution in [0.15, 0.2) is 53.4 Å². The molecule has 0 radical (unpaired) electrons. The molecule has 0 atom stereocenters. The fourth-order valence-electron chi connectivity index (χ4n) is 3.10. The molecule has 1 N–H and O–H groups in total. The van der Waals surface area contributed by atoms with Crippen LogP contribution in [-0.4, -0.2) is 40.6 Å². The standard InChI is InChI=1S/C20H24N2O4S/c1-2-26-14-6-12-21-20(23)17-9-10-19-16(15-17)11-13-22(19)27(24,25)18-7-4-3-5-8-18/h3-5,7-10,15H,2,6,11-14H2,1H3,(H,21,23). The smallest absolute Gasteiger partial charge is 0.264 e. The molecule has 1 aliphatic rings. The topological polar surface area (TPSA) is 75.7 Å². The van der Waals surface area contributed by atoms with Gasteiger partial charge in [-0.05, 0) is 55.7 Å². The number of anilines is 1. The zero-order valence-corrected chi connectivity index (χ0v) is 16.2. The van der Waals surface area contributed by atoms with Gasteiger partial charge in [0.1, 0.15) is 0 Å². The van der Waals surface area contributed by atoms with Crippen LogP contribution in [0.3, 0.4) is 0 Å². The van der Waals surface area contributed by atoms with Crippen molar-refractivity contribution < 1.29 is 17.9 Å². The minimum absolute atomic E-state index is 0.154. The number of rotatable bonds is 8. The molecule has 144 valence electrons. The largest absolute Gasteiger partial charge is 0.382 e. The molecule has 1 heterocycles. The Kier molecular flexibility index (Phi) is 6.13. The summed E-state index contributed by atoms with van der Waals surface area (Å²) in [4.78, 5) is 12.6. The van der Waals surface area contributed by atoms with Gasteiger partial charge in [0.2, 0.25) is 0 Å². The predicted octanol–water partition coefficient (Wildman–Crippen LogP) is 2.59. The van der Waals surface area contributed by atoms with E-state index in [9.17, 15) is 13.2 Å². The number of nitrogens with zero attached hydrogens (tertiary/aromatic N) is 1. The van der Waals surface area contributed by atoms with Crippen LogP contribution < -0.4 is 9.62 Å². The van der Waals surface area contributed by atoms with Gasteiger partial charge in [-0.3, -0.25) is 9.10 Å². The third kappa shape index (κ3) is 4.31. The van der Waals surface area contributed by atoms with Gasteiger partial charge in [-0.1, -0.05) is 18.2 Å². The molecule has 0 saturated carbocycles. The average Bonchev–Trinajstić information content (AvgIpc) is 3.12. The second-order valence-corrected chi connectivity index (χ2v) is 8.15. The molecule has 0 unspecified atom stereocenters. The van der Waals surface area contributed by atoms with E-state index in [2.05, 4.69) is 5.32 Å². The van der Waals surface area contributed by atoms with Crippen molar-refractivity contribution >= 4 is 21.6 Å². The van der Waals surface area contributed by atoms with Crippen molar-refractivity contribution in [2.24, 2.45) is 0 Å². The molecule has 3 rings (SSSR count). The Labute approximate surface area is 160 Å². The fraction of sp³-hybridized carbons (Fsp3) is 0.350. The molecule has 0 saturated heterocycles. The van der Waals surface area contributed by atoms with Gasteiger partial charge in [0.25, 0.3) is 15.9 Å². The van der Waals surface area contributed by atoms with Crippen LogP contribution >= 0.6 is 0 Å². The van der Waals surface area contributed by atoms with E-state index in [1.807, 2.05) is 6.92 Å². The number of hydrogen-bond acceptors (Lipinski definition) is 4. The van der Waals surface area contributed by atoms with Crippen molar-refractivity contribution in [2.75, 3.05) is 30.6 Å². The summed E-state index contributed by atoms with van der Waals surface area (Å²) >= 11 is 0. The van der Waals surface area contributed by atoms with Crippen molar-refractivity contribution in [1.82, 2.24) is 5.32 Å². The first kappa shape index (κ1) is 19.4. The van der Waals surface area contributed by atoms with Gasteiger partial charge in [-0.2, -0.15) is 0 Å². The zero-order valence-electron chi connectivity index (χ0n) is 15.3. The lowest BCUT2D eigenvalue weighted by Gasteiger charge is -2.19. The SMILES string of the molecule is CCOCCCNC(=O)c1ccc2c(c1)CCN2S(=O)(=O)c1ccccc1. The number of carbonyl (C=O) groups excluding carboxylic acids is 1. The van der Waals surface area contributed by atoms with Crippen LogP contribution in [0, 0.1) is 0 Å². The van der Waals surface area contributed by atoms with Gasteiger partial charge < -0.3 is 10.1 Å². The van der Waals surface area contributed by atoms with Gasteiger partial charge in [0.15, 0.2) is 0 Å². The van der Waals surface area contributed by atoms with Gasteiger partial charge in [0.05, 0.1) is 10.6 Å². The van der Waals surface area contributed by atoms with Gasteiger partial charge in [0, 0.05) is 31.9 Å². The van der Waals surface area contributed by atoms with Crippen LogP contribution in [-0.2, 0) is 21.2 Å². The number of benzene rings is 2. The summed E-state index contributed by atoms with van der Waals surface area (Å²) in [6.07, 6.45) is 1.35. The normalized spacial score (nSPS) is 13.4. The lowest BCUT2D eigenvalue weighted by Crippen LogP contribution is -2.29. The maximum Gasteiger partial charge on any atom is 0.264 e. The van der Waals surface area contributed by atoms with Crippen LogP contribution in [0.1, 0.15) is 29.3 Å². The predicted molar refractivity (Wildman–Crippen MR) is 105 cm³/mol. The monoisotopic (exact) mass is 388 g/mol. The first-order chi connectivity index (χ1) is 13.0. The summed E-state index contributed by atoms with van der Waals surface area (Å²) in [5, 5.41) is 2.87. The van der Waals surface area contributed by atoms with Crippen molar-refractivity contribution in [3.63, 3.8) is 0 Å². The third-order valence-corrected chi connectivity index (χ3v) is 6.31. The van der Waals surface area contributed by atoms with Gasteiger partial charge in [-0.15, -0.1) is 0 Å². The Morgan fingerprint density at radius 1 is 1.19 bits per heavy atom. The lowest BCUT2D eigenvalue weighted by atomic mass is 10.1. The average molecular weight is 388 g/mol. The van der Waals surface area contributed by atoms with E-state index in [1.54, 1.807) is 48.5 Å². The summed E-state index contributed by atoms with van der Waals surface area (Å²) in [5.41, 5.74) is 2.06. The summed E-state index contributed by atoms with van der Waals surface area (Å²) in [6.45, 7) is 4.15. The molecule has 0 fully saturated rings. The summed E-state index contributed by atoms with van der Waals surface area (Å²) in [7, 11) is -3.59. The molecule has 2 aromatic rings. The number of sulfonamides is 1. The number of fused-ring (bicyclic) bond motifs is 1. The summed E-state index contributed by atoms with van der Waals surface area (Å²) in [5.74, 6) is -0.154. The third-order valence-electron chi connectivity index (χ3n) is 4.48. The van der Waals surface area contributed by atoms with E-state index < -0.39 is 10.0 Å². The molecule has 7 heteroatoms. The Morgan fingerprint density at radius 2 is 1.96 bits per heavy atom. The van der Waals surface area contributed by atoms with E-state index in [4.69, 9.17) is 4.74 Å². The van der Waals surface area contributed by atoms with E-state index in [0.29, 0.717) is 44.0 Å². The second-order valence-electron chi connectivity index (χ2n) is 6.29. The van der Waals surface area contributed by atoms with Crippen molar-refractivity contribution in [3.8, 4) is 0 Å². The molecule has 0 spiro atoms. The highest BCUT2D eigenvalue weighted by atomic mass is 32.2. The quantitative estimate of drug-likeness (QED) is 0.706. The molecular formula is C20H24N2O4S. The van der Waals surface area contributed by atoms with E-state index >= 15 is 0 Å². The Bertz CT molecular complexity index is 897. The number of carbonyl (C=O) groups is 1. The van der Waals surface area contributed by atoms with Gasteiger partial charge in [-0.25, -0.2) is 8.42 Å². The minimum Gasteiger partial charge on any atom is -0.382 e. The zero-order chi connectivity index (χ0) is 19.3. The van der Waals surface area contributed by atoms with Crippen molar-refractivity contribution in [1.29, 1.82) is 0 Å². The molecular weight excluding hydrogens is 364 g/mol. The number of amides is 1. The Morgan fingerprint density at radius 3 is 2.70 bits per heavy atom. The molecule has 0 aromatic heterocycles. The van der Waals surface area contributed by atoms with Crippen molar-refractivity contribution in [2.45, 2.75) is 24.7 Å². The van der Waals surface area contributed by atoms with Gasteiger partial charge >= 0.3 is 0 Å². The first-order valence-electron chi connectivity index (χ1n) is 9.10. The minimum atomic E-state index is -3.59. The van der Waals surface area contributed by atoms with Crippen LogP contribution in [0.25, 0.3) is 0 Å². The summed E-state index contributed by atoms with van der Waals surface area (Å²) in [6, 6.07) is 13.6. The molecule has 0 aliphatic carbocycles. The molecule has 1 amide bonds. The number of hydrogen-bond donors (Lipinski definition) is 1. The van der Waals surface area contributed by atoms with E-state index in [1.165, 1.54) is 4.31 Å². The Balaban J connectivity index is 1.71. The molecule has 6 nitrogen and oxygen atoms in total. The maximum atomic E-state index is 12.9. The number of ether oxygens (including phenoxy) is 1. The van der Waals surface area contributed by atoms with Crippen LogP contribution in [0.4, 0.5) is 5.69 Å². The highest BCUT2D eigenvalue weighted by molar-refractivity contribution is 7.92. The second kappa shape index (κ2) is 8.54. The molecule has 2 aromatic carbocycles. The summed E-state index contributed by atoms with van der Waals surface area (Å²) < 4.78 is 32.4. The lowest BCUT2D eigenvalue weighted by molar-refractivity contribution is 0.0944. The highest BCUT2D eigenvalue weighted by Crippen LogP contribution is 2.33. The number of nitrogens with one attached hydrogen (secondary N) is 1.